The van der Waals surface area contributed by atoms with Crippen molar-refractivity contribution in [1.29, 1.82) is 0 Å². The first kappa shape index (κ1) is 34.7. The van der Waals surface area contributed by atoms with E-state index in [0.29, 0.717) is 12.3 Å². The predicted octanol–water partition coefficient (Wildman–Crippen LogP) is -6.42. The average molecular weight is 622 g/mol. The maximum absolute atomic E-state index is 12.6. The van der Waals surface area contributed by atoms with E-state index in [9.17, 15) is 30.3 Å². The maximum Gasteiger partial charge on any atom is 0.250 e. The van der Waals surface area contributed by atoms with Gasteiger partial charge in [-0.15, -0.1) is 0 Å². The van der Waals surface area contributed by atoms with Crippen molar-refractivity contribution in [3.05, 3.63) is 0 Å². The zero-order chi connectivity index (χ0) is 31.4. The Morgan fingerprint density at radius 2 is 1.60 bits per heavy atom. The van der Waals surface area contributed by atoms with Gasteiger partial charge in [0.2, 0.25) is 5.91 Å². The molecule has 250 valence electrons. The lowest BCUT2D eigenvalue weighted by Gasteiger charge is -2.48. The first-order valence-electron chi connectivity index (χ1n) is 15.1. The molecule has 2 saturated carbocycles. The summed E-state index contributed by atoms with van der Waals surface area (Å²) >= 11 is 0. The van der Waals surface area contributed by atoms with Gasteiger partial charge >= 0.3 is 0 Å². The van der Waals surface area contributed by atoms with Crippen molar-refractivity contribution in [1.82, 2.24) is 10.6 Å². The second-order valence-corrected chi connectivity index (χ2v) is 12.3. The van der Waals surface area contributed by atoms with Crippen molar-refractivity contribution in [3.8, 4) is 0 Å². The predicted molar refractivity (Wildman–Crippen MR) is 151 cm³/mol. The number of amides is 1. The fourth-order valence-corrected chi connectivity index (χ4v) is 6.29. The van der Waals surface area contributed by atoms with Crippen LogP contribution in [0, 0.1) is 5.92 Å². The number of aliphatic hydroxyl groups excluding tert-OH is 5. The Morgan fingerprint density at radius 1 is 0.907 bits per heavy atom. The van der Waals surface area contributed by atoms with E-state index in [1.165, 1.54) is 0 Å². The molecule has 0 bridgehead atoms. The Morgan fingerprint density at radius 3 is 2.23 bits per heavy atom. The molecule has 17 heteroatoms. The third kappa shape index (κ3) is 8.18. The highest BCUT2D eigenvalue weighted by atomic mass is 16.7. The van der Waals surface area contributed by atoms with Gasteiger partial charge in [0.25, 0.3) is 0 Å². The van der Waals surface area contributed by atoms with E-state index in [0.717, 1.165) is 25.8 Å². The van der Waals surface area contributed by atoms with Gasteiger partial charge in [-0.3, -0.25) is 4.79 Å². The van der Waals surface area contributed by atoms with Crippen LogP contribution in [0.2, 0.25) is 0 Å². The standard InChI is InChI=1S/C26H51N7O10/c27-6-12-1-2-14(32-8-10-3-11(29)4-10)25(40-12)42-22-13(30)5-15(33-24(39)16(35)7-28)23(21(22)38)43-26-20(37)18(31)19(36)17(9-34)41-26/h10-23,25-26,32,34-38H,1-9,27-31H2,(H,33,39)/t10?,11?,12-,13-,14+,15+,16-,17+,18-,19+,20+,21-,22?,23-,25+,26+/m0/s1. The largest absolute Gasteiger partial charge is 0.394 e. The Bertz CT molecular complexity index is 889. The molecule has 4 rings (SSSR count). The zero-order valence-electron chi connectivity index (χ0n) is 24.3. The van der Waals surface area contributed by atoms with Crippen molar-refractivity contribution < 1.29 is 49.3 Å². The number of rotatable bonds is 12. The average Bonchev–Trinajstić information content (AvgIpc) is 2.98. The molecular formula is C26H51N7O10. The minimum absolute atomic E-state index is 0.0292. The quantitative estimate of drug-likeness (QED) is 0.0963. The summed E-state index contributed by atoms with van der Waals surface area (Å²) in [5.41, 5.74) is 29.7. The van der Waals surface area contributed by atoms with Crippen molar-refractivity contribution in [2.24, 2.45) is 34.6 Å². The van der Waals surface area contributed by atoms with Crippen LogP contribution in [0.1, 0.15) is 32.1 Å². The number of nitrogens with one attached hydrogen (secondary N) is 2. The molecule has 1 unspecified atom stereocenters. The molecule has 2 aliphatic carbocycles. The van der Waals surface area contributed by atoms with Crippen LogP contribution in [0.5, 0.6) is 0 Å². The van der Waals surface area contributed by atoms with E-state index in [2.05, 4.69) is 10.6 Å². The Labute approximate surface area is 250 Å². The summed E-state index contributed by atoms with van der Waals surface area (Å²) in [6.45, 7) is 0.0487. The van der Waals surface area contributed by atoms with Crippen molar-refractivity contribution >= 4 is 5.91 Å². The molecule has 0 aromatic heterocycles. The fraction of sp³-hybridized carbons (Fsp3) is 0.962. The van der Waals surface area contributed by atoms with Crippen LogP contribution in [0.4, 0.5) is 0 Å². The number of carbonyl (C=O) groups excluding carboxylic acids is 1. The van der Waals surface area contributed by atoms with Gasteiger partial charge < -0.3 is 83.8 Å². The minimum Gasteiger partial charge on any atom is -0.394 e. The molecular weight excluding hydrogens is 570 g/mol. The molecule has 1 amide bonds. The van der Waals surface area contributed by atoms with Crippen LogP contribution in [0.25, 0.3) is 0 Å². The van der Waals surface area contributed by atoms with Crippen LogP contribution < -0.4 is 39.3 Å². The molecule has 2 aliphatic heterocycles. The van der Waals surface area contributed by atoms with E-state index < -0.39 is 85.9 Å². The molecule has 2 saturated heterocycles. The van der Waals surface area contributed by atoms with E-state index in [-0.39, 0.29) is 37.7 Å². The first-order chi connectivity index (χ1) is 20.5. The number of nitrogens with two attached hydrogens (primary N) is 5. The van der Waals surface area contributed by atoms with E-state index in [1.807, 2.05) is 0 Å². The van der Waals surface area contributed by atoms with Crippen LogP contribution in [-0.4, -0.2) is 149 Å². The number of hydrogen-bond acceptors (Lipinski definition) is 16. The second kappa shape index (κ2) is 15.4. The Kier molecular flexibility index (Phi) is 12.5. The van der Waals surface area contributed by atoms with E-state index in [4.69, 9.17) is 47.6 Å². The lowest BCUT2D eigenvalue weighted by molar-refractivity contribution is -0.314. The highest BCUT2D eigenvalue weighted by Gasteiger charge is 2.51. The summed E-state index contributed by atoms with van der Waals surface area (Å²) in [7, 11) is 0. The molecule has 0 spiro atoms. The van der Waals surface area contributed by atoms with Gasteiger partial charge in [-0.2, -0.15) is 0 Å². The highest BCUT2D eigenvalue weighted by Crippen LogP contribution is 2.32. The molecule has 17 N–H and O–H groups in total. The first-order valence-corrected chi connectivity index (χ1v) is 15.1. The van der Waals surface area contributed by atoms with Gasteiger partial charge in [0, 0.05) is 25.2 Å². The molecule has 0 radical (unpaired) electrons. The second-order valence-electron chi connectivity index (χ2n) is 12.3. The van der Waals surface area contributed by atoms with Gasteiger partial charge in [-0.25, -0.2) is 0 Å². The fourth-order valence-electron chi connectivity index (χ4n) is 6.29. The third-order valence-electron chi connectivity index (χ3n) is 9.05. The minimum atomic E-state index is -1.55. The lowest BCUT2D eigenvalue weighted by Crippen LogP contribution is -2.69. The molecule has 14 atom stereocenters. The van der Waals surface area contributed by atoms with E-state index in [1.54, 1.807) is 0 Å². The third-order valence-corrected chi connectivity index (χ3v) is 9.05. The molecule has 43 heavy (non-hydrogen) atoms. The van der Waals surface area contributed by atoms with Crippen molar-refractivity contribution in [3.63, 3.8) is 0 Å². The van der Waals surface area contributed by atoms with Crippen LogP contribution in [0.3, 0.4) is 0 Å². The molecule has 0 aromatic rings. The summed E-state index contributed by atoms with van der Waals surface area (Å²) in [4.78, 5) is 12.6. The van der Waals surface area contributed by atoms with Crippen LogP contribution >= 0.6 is 0 Å². The zero-order valence-corrected chi connectivity index (χ0v) is 24.3. The lowest BCUT2D eigenvalue weighted by atomic mass is 9.80. The maximum atomic E-state index is 12.6. The summed E-state index contributed by atoms with van der Waals surface area (Å²) < 4.78 is 24.1. The molecule has 0 aromatic carbocycles. The molecule has 2 heterocycles. The number of carbonyl (C=O) groups is 1. The van der Waals surface area contributed by atoms with Crippen molar-refractivity contribution in [2.75, 3.05) is 26.2 Å². The summed E-state index contributed by atoms with van der Waals surface area (Å²) in [5.74, 6) is -0.363. The Hall–Kier alpha value is -1.13. The van der Waals surface area contributed by atoms with Gasteiger partial charge in [0.05, 0.1) is 30.8 Å². The number of aliphatic hydroxyl groups is 5. The highest BCUT2D eigenvalue weighted by molar-refractivity contribution is 5.81. The van der Waals surface area contributed by atoms with Gasteiger partial charge in [-0.05, 0) is 44.6 Å². The van der Waals surface area contributed by atoms with Gasteiger partial charge in [0.15, 0.2) is 12.6 Å². The summed E-state index contributed by atoms with van der Waals surface area (Å²) in [6, 6.07) is -3.05. The van der Waals surface area contributed by atoms with E-state index >= 15 is 0 Å². The van der Waals surface area contributed by atoms with Crippen LogP contribution in [-0.2, 0) is 23.7 Å². The van der Waals surface area contributed by atoms with Gasteiger partial charge in [-0.1, -0.05) is 0 Å². The normalized spacial score (nSPS) is 46.1. The number of hydrogen-bond donors (Lipinski definition) is 12. The number of ether oxygens (including phenoxy) is 4. The molecule has 17 nitrogen and oxygen atoms in total. The SMILES string of the molecule is NC[C@@H]1CC[C@@H](NCC2CC(N)C2)[C@@H](OC2[C@@H](N)C[C@@H](NC(=O)[C@@H](O)CN)[C@H](O[C@H]3O[C@H](CO)[C@@H](O)[C@H](N)[C@H]3O)[C@H]2O)O1. The van der Waals surface area contributed by atoms with Gasteiger partial charge in [0.1, 0.15) is 42.7 Å². The molecule has 4 aliphatic rings. The monoisotopic (exact) mass is 621 g/mol. The smallest absolute Gasteiger partial charge is 0.250 e. The Balaban J connectivity index is 1.52. The topological polar surface area (TPSA) is 309 Å². The summed E-state index contributed by atoms with van der Waals surface area (Å²) in [6.07, 6.45) is -8.73. The van der Waals surface area contributed by atoms with Crippen LogP contribution in [0.15, 0.2) is 0 Å². The van der Waals surface area contributed by atoms with Crippen molar-refractivity contribution in [2.45, 2.75) is 124 Å². The summed E-state index contributed by atoms with van der Waals surface area (Å²) in [5, 5.41) is 58.3. The molecule has 4 fully saturated rings.